The third kappa shape index (κ3) is 4.01. The fraction of sp³-hybridized carbons (Fsp3) is 0.600. The number of nitrogens with one attached hydrogen (secondary N) is 1. The van der Waals surface area contributed by atoms with Crippen LogP contribution >= 0.6 is 0 Å². The zero-order valence-corrected chi connectivity index (χ0v) is 15.7. The molecule has 6 nitrogen and oxygen atoms in total. The number of methoxy groups -OCH3 is 1. The van der Waals surface area contributed by atoms with E-state index in [1.165, 1.54) is 6.92 Å². The lowest BCUT2D eigenvalue weighted by Gasteiger charge is -2.37. The molecule has 1 heterocycles. The van der Waals surface area contributed by atoms with Gasteiger partial charge >= 0.3 is 0 Å². The Balaban J connectivity index is 1.68. The number of nitrogens with zero attached hydrogens (tertiary/aromatic N) is 1. The van der Waals surface area contributed by atoms with Crippen molar-refractivity contribution in [3.05, 3.63) is 29.8 Å². The van der Waals surface area contributed by atoms with Crippen molar-refractivity contribution in [1.82, 2.24) is 10.2 Å². The molecule has 0 spiro atoms. The molecular formula is C20H28N2O4. The van der Waals surface area contributed by atoms with Gasteiger partial charge in [0.2, 0.25) is 5.91 Å². The zero-order valence-electron chi connectivity index (χ0n) is 15.7. The smallest absolute Gasteiger partial charge is 0.254 e. The highest BCUT2D eigenvalue weighted by molar-refractivity contribution is 5.94. The number of amides is 2. The van der Waals surface area contributed by atoms with Crippen molar-refractivity contribution in [2.75, 3.05) is 26.8 Å². The summed E-state index contributed by atoms with van der Waals surface area (Å²) in [5.74, 6) is 1.56. The second-order valence-electron chi connectivity index (χ2n) is 7.24. The van der Waals surface area contributed by atoms with E-state index < -0.39 is 0 Å². The molecule has 1 N–H and O–H groups in total. The largest absolute Gasteiger partial charge is 0.494 e. The van der Waals surface area contributed by atoms with Crippen molar-refractivity contribution < 1.29 is 19.1 Å². The molecule has 26 heavy (non-hydrogen) atoms. The fourth-order valence-electron chi connectivity index (χ4n) is 4.32. The quantitative estimate of drug-likeness (QED) is 0.873. The topological polar surface area (TPSA) is 67.9 Å². The maximum absolute atomic E-state index is 12.9. The molecule has 1 aromatic rings. The molecule has 4 atom stereocenters. The molecule has 2 aliphatic rings. The number of carbonyl (C=O) groups is 2. The summed E-state index contributed by atoms with van der Waals surface area (Å²) in [6.45, 7) is 5.52. The van der Waals surface area contributed by atoms with Crippen molar-refractivity contribution >= 4 is 11.8 Å². The van der Waals surface area contributed by atoms with Crippen LogP contribution in [0.4, 0.5) is 0 Å². The normalized spacial score (nSPS) is 27.7. The maximum atomic E-state index is 12.9. The molecule has 1 saturated heterocycles. The molecule has 1 aliphatic carbocycles. The van der Waals surface area contributed by atoms with Gasteiger partial charge in [-0.25, -0.2) is 0 Å². The second-order valence-corrected chi connectivity index (χ2v) is 7.24. The molecular weight excluding hydrogens is 332 g/mol. The lowest BCUT2D eigenvalue weighted by Crippen LogP contribution is -2.49. The van der Waals surface area contributed by atoms with Gasteiger partial charge in [0, 0.05) is 32.7 Å². The Morgan fingerprint density at radius 1 is 1.23 bits per heavy atom. The van der Waals surface area contributed by atoms with Gasteiger partial charge < -0.3 is 19.7 Å². The van der Waals surface area contributed by atoms with E-state index in [2.05, 4.69) is 5.32 Å². The van der Waals surface area contributed by atoms with E-state index in [9.17, 15) is 9.59 Å². The minimum atomic E-state index is -0.0332. The predicted octanol–water partition coefficient (Wildman–Crippen LogP) is 2.09. The minimum absolute atomic E-state index is 0.0106. The number of ether oxygens (including phenoxy) is 2. The van der Waals surface area contributed by atoms with E-state index in [1.54, 1.807) is 7.11 Å². The zero-order chi connectivity index (χ0) is 18.7. The van der Waals surface area contributed by atoms with Gasteiger partial charge in [-0.05, 0) is 49.8 Å². The summed E-state index contributed by atoms with van der Waals surface area (Å²) in [4.78, 5) is 26.3. The highest BCUT2D eigenvalue weighted by Crippen LogP contribution is 2.38. The van der Waals surface area contributed by atoms with Gasteiger partial charge in [0.15, 0.2) is 0 Å². The predicted molar refractivity (Wildman–Crippen MR) is 98.1 cm³/mol. The molecule has 1 aromatic carbocycles. The first-order chi connectivity index (χ1) is 12.5. The van der Waals surface area contributed by atoms with Crippen LogP contribution in [0.25, 0.3) is 0 Å². The van der Waals surface area contributed by atoms with Crippen molar-refractivity contribution in [3.8, 4) is 5.75 Å². The van der Waals surface area contributed by atoms with E-state index >= 15 is 0 Å². The Bertz CT molecular complexity index is 663. The summed E-state index contributed by atoms with van der Waals surface area (Å²) in [5, 5.41) is 3.01. The van der Waals surface area contributed by atoms with Crippen LogP contribution in [0.5, 0.6) is 5.75 Å². The van der Waals surface area contributed by atoms with Gasteiger partial charge in [0.1, 0.15) is 5.75 Å². The van der Waals surface area contributed by atoms with E-state index in [4.69, 9.17) is 9.47 Å². The summed E-state index contributed by atoms with van der Waals surface area (Å²) in [6.07, 6.45) is 1.73. The number of hydrogen-bond acceptors (Lipinski definition) is 4. The van der Waals surface area contributed by atoms with Gasteiger partial charge in [0.25, 0.3) is 5.91 Å². The standard InChI is InChI=1S/C20H28N2O4/c1-4-26-17-7-5-6-14(8-17)20(24)22-11-15-9-18(21-13(2)23)19(25-3)10-16(15)12-22/h5-8,15-16,18-19H,4,9-12H2,1-3H3,(H,21,23)/t15-,16+,18-,19-/m1/s1. The third-order valence-electron chi connectivity index (χ3n) is 5.49. The Morgan fingerprint density at radius 3 is 2.62 bits per heavy atom. The van der Waals surface area contributed by atoms with Crippen LogP contribution in [-0.2, 0) is 9.53 Å². The molecule has 142 valence electrons. The van der Waals surface area contributed by atoms with E-state index in [1.807, 2.05) is 36.1 Å². The number of benzene rings is 1. The number of rotatable bonds is 5. The Kier molecular flexibility index (Phi) is 5.81. The number of hydrogen-bond donors (Lipinski definition) is 1. The van der Waals surface area contributed by atoms with Crippen LogP contribution in [0.2, 0.25) is 0 Å². The lowest BCUT2D eigenvalue weighted by atomic mass is 9.77. The summed E-state index contributed by atoms with van der Waals surface area (Å²) >= 11 is 0. The summed E-state index contributed by atoms with van der Waals surface area (Å²) in [6, 6.07) is 7.40. The summed E-state index contributed by atoms with van der Waals surface area (Å²) in [7, 11) is 1.69. The Labute approximate surface area is 154 Å². The van der Waals surface area contributed by atoms with Crippen LogP contribution in [0, 0.1) is 11.8 Å². The first kappa shape index (κ1) is 18.7. The fourth-order valence-corrected chi connectivity index (χ4v) is 4.32. The molecule has 1 aliphatic heterocycles. The van der Waals surface area contributed by atoms with Crippen LogP contribution in [0.15, 0.2) is 24.3 Å². The minimum Gasteiger partial charge on any atom is -0.494 e. The number of likely N-dealkylation sites (tertiary alicyclic amines) is 1. The van der Waals surface area contributed by atoms with Gasteiger partial charge in [-0.15, -0.1) is 0 Å². The average molecular weight is 360 g/mol. The molecule has 1 saturated carbocycles. The van der Waals surface area contributed by atoms with Gasteiger partial charge in [-0.3, -0.25) is 9.59 Å². The Hall–Kier alpha value is -2.08. The van der Waals surface area contributed by atoms with Crippen LogP contribution < -0.4 is 10.1 Å². The molecule has 2 fully saturated rings. The molecule has 3 rings (SSSR count). The molecule has 2 amide bonds. The first-order valence-electron chi connectivity index (χ1n) is 9.33. The van der Waals surface area contributed by atoms with Crippen molar-refractivity contribution in [1.29, 1.82) is 0 Å². The maximum Gasteiger partial charge on any atom is 0.254 e. The van der Waals surface area contributed by atoms with Crippen LogP contribution in [0.3, 0.4) is 0 Å². The first-order valence-corrected chi connectivity index (χ1v) is 9.33. The van der Waals surface area contributed by atoms with E-state index in [0.29, 0.717) is 24.0 Å². The van der Waals surface area contributed by atoms with Crippen molar-refractivity contribution in [3.63, 3.8) is 0 Å². The lowest BCUT2D eigenvalue weighted by molar-refractivity contribution is -0.121. The van der Waals surface area contributed by atoms with Crippen molar-refractivity contribution in [2.45, 2.75) is 38.8 Å². The number of carbonyl (C=O) groups excluding carboxylic acids is 2. The monoisotopic (exact) mass is 360 g/mol. The molecule has 0 radical (unpaired) electrons. The summed E-state index contributed by atoms with van der Waals surface area (Å²) in [5.41, 5.74) is 0.663. The van der Waals surface area contributed by atoms with Crippen LogP contribution in [0.1, 0.15) is 37.0 Å². The summed E-state index contributed by atoms with van der Waals surface area (Å²) < 4.78 is 11.1. The van der Waals surface area contributed by atoms with E-state index in [-0.39, 0.29) is 24.0 Å². The molecule has 0 bridgehead atoms. The highest BCUT2D eigenvalue weighted by Gasteiger charge is 2.44. The Morgan fingerprint density at radius 2 is 1.96 bits per heavy atom. The van der Waals surface area contributed by atoms with Crippen LogP contribution in [-0.4, -0.2) is 55.7 Å². The van der Waals surface area contributed by atoms with Gasteiger partial charge in [-0.2, -0.15) is 0 Å². The average Bonchev–Trinajstić information content (AvgIpc) is 3.03. The van der Waals surface area contributed by atoms with Gasteiger partial charge in [0.05, 0.1) is 18.8 Å². The van der Waals surface area contributed by atoms with Gasteiger partial charge in [-0.1, -0.05) is 6.07 Å². The molecule has 0 unspecified atom stereocenters. The number of fused-ring (bicyclic) bond motifs is 1. The second kappa shape index (κ2) is 8.08. The highest BCUT2D eigenvalue weighted by atomic mass is 16.5. The molecule has 0 aromatic heterocycles. The third-order valence-corrected chi connectivity index (χ3v) is 5.49. The van der Waals surface area contributed by atoms with Crippen molar-refractivity contribution in [2.24, 2.45) is 11.8 Å². The molecule has 6 heteroatoms. The van der Waals surface area contributed by atoms with E-state index in [0.717, 1.165) is 31.7 Å². The SMILES string of the molecule is CCOc1cccc(C(=O)N2C[C@H]3C[C@@H](NC(C)=O)[C@H](OC)C[C@H]3C2)c1.